The number of carboxylic acids is 1. The summed E-state index contributed by atoms with van der Waals surface area (Å²) in [5.41, 5.74) is 0. The first-order valence-electron chi connectivity index (χ1n) is 43.8. The van der Waals surface area contributed by atoms with E-state index in [1.165, 1.54) is 248 Å². The number of carboxylic acid groups (broad SMARTS) is 1. The minimum atomic E-state index is -4.16. The Morgan fingerprint density at radius 3 is 1.20 bits per heavy atom. The minimum absolute atomic E-state index is 0.0342. The molecule has 97 heavy (non-hydrogen) atoms. The quantitative estimate of drug-likeness (QED) is 0.0233. The average molecular weight is 1360 g/mol. The molecule has 0 heterocycles. The van der Waals surface area contributed by atoms with Gasteiger partial charge in [-0.2, -0.15) is 0 Å². The van der Waals surface area contributed by atoms with Gasteiger partial charge in [-0.15, -0.1) is 0 Å². The third kappa shape index (κ3) is 13.6. The van der Waals surface area contributed by atoms with Crippen molar-refractivity contribution in [1.29, 1.82) is 0 Å². The molecule has 0 aliphatic heterocycles. The molecule has 0 amide bonds. The van der Waals surface area contributed by atoms with Crippen LogP contribution in [-0.4, -0.2) is 66.2 Å². The maximum absolute atomic E-state index is 12.6. The third-order valence-corrected chi connectivity index (χ3v) is 35.7. The Morgan fingerprint density at radius 1 is 0.371 bits per heavy atom. The lowest BCUT2D eigenvalue weighted by Gasteiger charge is -2.85. The lowest BCUT2D eigenvalue weighted by Crippen LogP contribution is -2.80. The van der Waals surface area contributed by atoms with Gasteiger partial charge in [0.15, 0.2) is 0 Å². The van der Waals surface area contributed by atoms with Crippen LogP contribution < -0.4 is 0 Å². The average Bonchev–Trinajstić information content (AvgIpc) is 0.646. The summed E-state index contributed by atoms with van der Waals surface area (Å²) in [7, 11) is -4.16. The van der Waals surface area contributed by atoms with Crippen molar-refractivity contribution in [2.24, 2.45) is 189 Å². The summed E-state index contributed by atoms with van der Waals surface area (Å²) in [6.07, 6.45) is 58.5. The highest BCUT2D eigenvalue weighted by Crippen LogP contribution is 2.86. The summed E-state index contributed by atoms with van der Waals surface area (Å²) >= 11 is 0. The first-order valence-corrected chi connectivity index (χ1v) is 45.3. The predicted molar refractivity (Wildman–Crippen MR) is 382 cm³/mol. The molecule has 548 valence electrons. The topological polar surface area (TPSA) is 149 Å². The first-order chi connectivity index (χ1) is 47.6. The number of aliphatic carboxylic acids is 1. The van der Waals surface area contributed by atoms with Crippen molar-refractivity contribution in [3.8, 4) is 0 Å². The van der Waals surface area contributed by atoms with E-state index in [9.17, 15) is 19.0 Å². The van der Waals surface area contributed by atoms with Gasteiger partial charge in [-0.3, -0.25) is 18.6 Å². The zero-order valence-electron chi connectivity index (χ0n) is 61.1. The Labute approximate surface area is 588 Å². The summed E-state index contributed by atoms with van der Waals surface area (Å²) in [6, 6.07) is 0. The number of phosphoric acid groups is 1. The lowest BCUT2D eigenvalue weighted by atomic mass is 9.20. The SMILES string of the molecule is CCCOP(=O)(O)OC[C@@H](COC(=O)CCCCCCC[C@@H]1C[C@H]2[C@@H]3[C@H]4[C@@H]5CC[C@@H]5[C@H]4[C@@H]3[C@@H]12)OCCCCCCCC[C@@H]1CC[C@H]2[C@@H](C1)[C@@H]1[C@H]3CC[C@H]3[C@H]21.O=C(O)CCCCCCC[C@@H]1C[C@H]2[C@@H]3[C@H]4[C@@H]5CC[C@@H]5[C@H]4[C@@H]3[C@@H]12.OCCCCCCCC[C@@H]1CC[C@H]2[C@@H](C1)[C@@H]1[C@H]3CC[C@H]3[C@H]21. The highest BCUT2D eigenvalue weighted by atomic mass is 31.2. The van der Waals surface area contributed by atoms with Crippen molar-refractivity contribution in [3.63, 3.8) is 0 Å². The molecule has 11 heteroatoms. The number of carbonyl (C=O) groups is 2. The van der Waals surface area contributed by atoms with Crippen molar-refractivity contribution in [1.82, 2.24) is 0 Å². The van der Waals surface area contributed by atoms with E-state index in [-0.39, 0.29) is 25.8 Å². The van der Waals surface area contributed by atoms with Crippen LogP contribution in [0.25, 0.3) is 0 Å². The summed E-state index contributed by atoms with van der Waals surface area (Å²) in [5.74, 6) is 36.3. The van der Waals surface area contributed by atoms with Crippen LogP contribution in [0.5, 0.6) is 0 Å². The molecule has 18 saturated carbocycles. The first kappa shape index (κ1) is 70.3. The fourth-order valence-electron chi connectivity index (χ4n) is 29.9. The minimum Gasteiger partial charge on any atom is -0.481 e. The zero-order chi connectivity index (χ0) is 65.9. The van der Waals surface area contributed by atoms with E-state index in [2.05, 4.69) is 0 Å². The van der Waals surface area contributed by atoms with Crippen LogP contribution in [0, 0.1) is 189 Å². The van der Waals surface area contributed by atoms with Crippen molar-refractivity contribution in [3.05, 3.63) is 0 Å². The number of aliphatic hydroxyl groups excluding tert-OH is 1. The van der Waals surface area contributed by atoms with Gasteiger partial charge in [0.2, 0.25) is 0 Å². The number of rotatable bonds is 42. The van der Waals surface area contributed by atoms with E-state index in [4.69, 9.17) is 28.7 Å². The molecule has 0 aromatic carbocycles. The molecule has 0 aromatic heterocycles. The van der Waals surface area contributed by atoms with E-state index in [0.29, 0.717) is 32.5 Å². The largest absolute Gasteiger partial charge is 0.481 e. The molecule has 18 aliphatic rings. The maximum atomic E-state index is 12.6. The number of hydrogen-bond donors (Lipinski definition) is 3. The van der Waals surface area contributed by atoms with Crippen molar-refractivity contribution < 1.29 is 47.8 Å². The Bertz CT molecular complexity index is 2620. The fourth-order valence-corrected chi connectivity index (χ4v) is 30.7. The summed E-state index contributed by atoms with van der Waals surface area (Å²) in [4.78, 5) is 33.1. The van der Waals surface area contributed by atoms with E-state index in [0.717, 1.165) is 128 Å². The zero-order valence-corrected chi connectivity index (χ0v) is 61.9. The smallest absolute Gasteiger partial charge is 0.472 e. The van der Waals surface area contributed by atoms with Crippen LogP contribution in [0.3, 0.4) is 0 Å². The van der Waals surface area contributed by atoms with Gasteiger partial charge in [0.25, 0.3) is 0 Å². The van der Waals surface area contributed by atoms with Crippen molar-refractivity contribution in [2.75, 3.05) is 33.0 Å². The molecule has 3 N–H and O–H groups in total. The second-order valence-electron chi connectivity index (χ2n) is 38.4. The predicted octanol–water partition coefficient (Wildman–Crippen LogP) is 20.6. The molecule has 0 radical (unpaired) electrons. The number of phosphoric ester groups is 1. The molecule has 0 saturated heterocycles. The molecule has 18 aliphatic carbocycles. The monoisotopic (exact) mass is 1360 g/mol. The highest BCUT2D eigenvalue weighted by molar-refractivity contribution is 7.47. The van der Waals surface area contributed by atoms with Gasteiger partial charge in [0.05, 0.1) is 13.2 Å². The second kappa shape index (κ2) is 31.2. The Hall–Kier alpha value is -1.03. The molecule has 10 nitrogen and oxygen atoms in total. The highest BCUT2D eigenvalue weighted by Gasteiger charge is 2.81. The molecule has 0 spiro atoms. The number of hydrogen-bond acceptors (Lipinski definition) is 8. The molecule has 34 atom stereocenters. The second-order valence-corrected chi connectivity index (χ2v) is 39.8. The summed E-state index contributed by atoms with van der Waals surface area (Å²) < 4.78 is 34.1. The van der Waals surface area contributed by atoms with Crippen LogP contribution in [0.1, 0.15) is 296 Å². The number of carbonyl (C=O) groups excluding carboxylic acids is 1. The molecule has 18 rings (SSSR count). The lowest BCUT2D eigenvalue weighted by molar-refractivity contribution is -0.375. The number of aliphatic hydroxyl groups is 1. The third-order valence-electron chi connectivity index (χ3n) is 34.8. The van der Waals surface area contributed by atoms with Gasteiger partial charge in [-0.25, -0.2) is 4.57 Å². The summed E-state index contributed by atoms with van der Waals surface area (Å²) in [5, 5.41) is 17.4. The molecule has 18 fully saturated rings. The van der Waals surface area contributed by atoms with Crippen LogP contribution in [0.2, 0.25) is 0 Å². The number of unbranched alkanes of at least 4 members (excludes halogenated alkanes) is 18. The van der Waals surface area contributed by atoms with Crippen LogP contribution in [-0.2, 0) is 32.7 Å². The maximum Gasteiger partial charge on any atom is 0.472 e. The van der Waals surface area contributed by atoms with Gasteiger partial charge < -0.3 is 24.6 Å². The number of esters is 1. The van der Waals surface area contributed by atoms with E-state index in [1.54, 1.807) is 83.5 Å². The van der Waals surface area contributed by atoms with Crippen molar-refractivity contribution in [2.45, 2.75) is 302 Å². The Balaban J connectivity index is 0.000000139. The summed E-state index contributed by atoms with van der Waals surface area (Å²) in [6.45, 7) is 2.84. The van der Waals surface area contributed by atoms with Crippen LogP contribution >= 0.6 is 7.82 Å². The van der Waals surface area contributed by atoms with Crippen LogP contribution in [0.15, 0.2) is 0 Å². The van der Waals surface area contributed by atoms with E-state index >= 15 is 0 Å². The van der Waals surface area contributed by atoms with Gasteiger partial charge in [0, 0.05) is 26.1 Å². The Kier molecular flexibility index (Phi) is 22.6. The van der Waals surface area contributed by atoms with E-state index < -0.39 is 19.9 Å². The van der Waals surface area contributed by atoms with Gasteiger partial charge in [-0.1, -0.05) is 161 Å². The van der Waals surface area contributed by atoms with Gasteiger partial charge >= 0.3 is 19.8 Å². The van der Waals surface area contributed by atoms with E-state index in [1.807, 2.05) is 6.92 Å². The normalized spacial score (nSPS) is 46.3. The molecular formula is C86H139O10P. The van der Waals surface area contributed by atoms with Gasteiger partial charge in [0.1, 0.15) is 12.7 Å². The van der Waals surface area contributed by atoms with Crippen molar-refractivity contribution >= 4 is 19.8 Å². The molecular weight excluding hydrogens is 1220 g/mol. The molecule has 1 unspecified atom stereocenters. The van der Waals surface area contributed by atoms with Crippen LogP contribution in [0.4, 0.5) is 0 Å². The Morgan fingerprint density at radius 2 is 0.742 bits per heavy atom. The molecule has 0 aromatic rings. The molecule has 0 bridgehead atoms. The number of fused-ring (bicyclic) bond motifs is 34. The van der Waals surface area contributed by atoms with Gasteiger partial charge in [-0.05, 0) is 311 Å². The fraction of sp³-hybridized carbons (Fsp3) is 0.977. The standard InChI is InChI=1S/C46H75O7P.C20H30O2.C20H34O/c1-2-23-52-54(48,49)53-28-31(50-24-13-9-4-3-6-10-14-29-17-18-36-37(25-29)42-33-20-19-32(33)41(36)42)27-51-39(47)16-12-8-5-7-11-15-30-26-38-40(30)46-44-35-22-21-34(35)43(44)45(38)46;21-15(22)7-5-3-1-2-4-6-11-10-14-16(11)20-18-13-9-8-12(13)17(18)19(14)20;21-12-6-4-2-1-3-5-7-14-8-9-17-18(13-14)20-16-11-10-15(16)19(17)20/h29-38,40-46H,2-28H2,1H3,(H,48,49);11-14,16-20H,1-10H2,(H,21,22);14-21H,1-13H2/t29-,30-,31-,32-,33+,34-,35+,36+,37-,38-,40+,41-,42+,43+,44-,45-,46+;11-,12-,13+,14-,16+,17+,18-,19-,20+;14-,15-,16+,17+,18-,19-,20+/m111/s1. The number of ether oxygens (including phenoxy) is 2.